The van der Waals surface area contributed by atoms with Crippen LogP contribution in [0.3, 0.4) is 0 Å². The average Bonchev–Trinajstić information content (AvgIpc) is 2.41. The number of hydrogen-bond acceptors (Lipinski definition) is 1. The summed E-state index contributed by atoms with van der Waals surface area (Å²) in [5, 5.41) is 0. The van der Waals surface area contributed by atoms with Crippen LogP contribution >= 0.6 is 0 Å². The third kappa shape index (κ3) is 3.60. The third-order valence-corrected chi connectivity index (χ3v) is 3.20. The number of para-hydroxylation sites is 1. The van der Waals surface area contributed by atoms with Crippen molar-refractivity contribution >= 4 is 17.6 Å². The standard InChI is InChI=1S/C16H19N5/c1-10-7-8-12(9-11(10)2)13-5-3-4-6-14(13)20-16(19)21-15(17)18/h3-9H,1-2H3,(H6,17,18,19,20,21). The van der Waals surface area contributed by atoms with Gasteiger partial charge in [0.05, 0.1) is 5.69 Å². The first-order valence-electron chi connectivity index (χ1n) is 6.58. The van der Waals surface area contributed by atoms with Crippen LogP contribution in [0.4, 0.5) is 5.69 Å². The van der Waals surface area contributed by atoms with Gasteiger partial charge >= 0.3 is 0 Å². The van der Waals surface area contributed by atoms with Gasteiger partial charge in [0, 0.05) is 5.56 Å². The number of aryl methyl sites for hydroxylation is 2. The SMILES string of the molecule is Cc1ccc(-c2ccccc2N=C(N)N=C(N)N)cc1C. The lowest BCUT2D eigenvalue weighted by molar-refractivity contribution is 1.34. The Kier molecular flexibility index (Phi) is 4.23. The van der Waals surface area contributed by atoms with E-state index < -0.39 is 0 Å². The first kappa shape index (κ1) is 14.6. The molecule has 0 aromatic heterocycles. The van der Waals surface area contributed by atoms with Gasteiger partial charge in [-0.25, -0.2) is 4.99 Å². The molecule has 5 heteroatoms. The topological polar surface area (TPSA) is 103 Å². The van der Waals surface area contributed by atoms with Crippen LogP contribution in [-0.4, -0.2) is 11.9 Å². The summed E-state index contributed by atoms with van der Waals surface area (Å²) in [5.74, 6) is -0.0776. The van der Waals surface area contributed by atoms with E-state index in [2.05, 4.69) is 42.0 Å². The average molecular weight is 281 g/mol. The first-order chi connectivity index (χ1) is 9.97. The van der Waals surface area contributed by atoms with Crippen LogP contribution in [0.25, 0.3) is 11.1 Å². The lowest BCUT2D eigenvalue weighted by Gasteiger charge is -2.08. The summed E-state index contributed by atoms with van der Waals surface area (Å²) < 4.78 is 0. The summed E-state index contributed by atoms with van der Waals surface area (Å²) in [7, 11) is 0. The molecule has 0 aliphatic rings. The normalized spacial score (nSPS) is 11.2. The maximum Gasteiger partial charge on any atom is 0.223 e. The zero-order valence-electron chi connectivity index (χ0n) is 12.2. The van der Waals surface area contributed by atoms with Crippen molar-refractivity contribution in [3.05, 3.63) is 53.6 Å². The van der Waals surface area contributed by atoms with Crippen molar-refractivity contribution in [3.8, 4) is 11.1 Å². The van der Waals surface area contributed by atoms with Crippen molar-refractivity contribution in [3.63, 3.8) is 0 Å². The molecular formula is C16H19N5. The molecule has 6 N–H and O–H groups in total. The summed E-state index contributed by atoms with van der Waals surface area (Å²) in [6, 6.07) is 14.0. The van der Waals surface area contributed by atoms with E-state index in [1.54, 1.807) is 0 Å². The second-order valence-corrected chi connectivity index (χ2v) is 4.82. The van der Waals surface area contributed by atoms with Gasteiger partial charge in [0.25, 0.3) is 0 Å². The fourth-order valence-electron chi connectivity index (χ4n) is 2.00. The number of guanidine groups is 2. The number of rotatable bonds is 2. The van der Waals surface area contributed by atoms with E-state index in [9.17, 15) is 0 Å². The molecule has 0 atom stereocenters. The first-order valence-corrected chi connectivity index (χ1v) is 6.58. The maximum atomic E-state index is 5.71. The number of nitrogens with zero attached hydrogens (tertiary/aromatic N) is 2. The van der Waals surface area contributed by atoms with E-state index in [4.69, 9.17) is 17.2 Å². The number of hydrogen-bond donors (Lipinski definition) is 3. The van der Waals surface area contributed by atoms with Crippen molar-refractivity contribution in [2.24, 2.45) is 27.2 Å². The van der Waals surface area contributed by atoms with Crippen LogP contribution in [0.2, 0.25) is 0 Å². The van der Waals surface area contributed by atoms with Gasteiger partial charge in [-0.2, -0.15) is 4.99 Å². The highest BCUT2D eigenvalue weighted by atomic mass is 15.1. The molecule has 2 aromatic rings. The van der Waals surface area contributed by atoms with Crippen LogP contribution < -0.4 is 17.2 Å². The summed E-state index contributed by atoms with van der Waals surface area (Å²) in [5.41, 5.74) is 21.6. The van der Waals surface area contributed by atoms with Gasteiger partial charge in [0.1, 0.15) is 0 Å². The molecule has 2 aromatic carbocycles. The quantitative estimate of drug-likeness (QED) is 0.580. The van der Waals surface area contributed by atoms with Crippen LogP contribution in [0.15, 0.2) is 52.4 Å². The molecule has 0 heterocycles. The van der Waals surface area contributed by atoms with E-state index in [1.807, 2.05) is 24.3 Å². The molecule has 0 aliphatic heterocycles. The Morgan fingerprint density at radius 3 is 2.29 bits per heavy atom. The molecule has 2 rings (SSSR count). The largest absolute Gasteiger partial charge is 0.370 e. The molecule has 0 spiro atoms. The molecule has 0 bridgehead atoms. The van der Waals surface area contributed by atoms with E-state index >= 15 is 0 Å². The Morgan fingerprint density at radius 2 is 1.62 bits per heavy atom. The smallest absolute Gasteiger partial charge is 0.223 e. The van der Waals surface area contributed by atoms with E-state index in [0.29, 0.717) is 0 Å². The van der Waals surface area contributed by atoms with Gasteiger partial charge in [0.2, 0.25) is 5.96 Å². The van der Waals surface area contributed by atoms with Gasteiger partial charge in [-0.3, -0.25) is 0 Å². The Morgan fingerprint density at radius 1 is 0.905 bits per heavy atom. The van der Waals surface area contributed by atoms with Crippen molar-refractivity contribution in [2.75, 3.05) is 0 Å². The molecular weight excluding hydrogens is 262 g/mol. The van der Waals surface area contributed by atoms with E-state index in [0.717, 1.165) is 16.8 Å². The molecule has 21 heavy (non-hydrogen) atoms. The lowest BCUT2D eigenvalue weighted by Crippen LogP contribution is -2.26. The van der Waals surface area contributed by atoms with Crippen molar-refractivity contribution in [2.45, 2.75) is 13.8 Å². The Bertz CT molecular complexity index is 712. The predicted octanol–water partition coefficient (Wildman–Crippen LogP) is 2.19. The van der Waals surface area contributed by atoms with Crippen LogP contribution in [0.1, 0.15) is 11.1 Å². The maximum absolute atomic E-state index is 5.71. The number of nitrogens with two attached hydrogens (primary N) is 3. The third-order valence-electron chi connectivity index (χ3n) is 3.20. The molecule has 0 amide bonds. The molecule has 0 radical (unpaired) electrons. The predicted molar refractivity (Wildman–Crippen MR) is 88.4 cm³/mol. The second-order valence-electron chi connectivity index (χ2n) is 4.82. The minimum atomic E-state index is -0.111. The van der Waals surface area contributed by atoms with Crippen LogP contribution in [0.5, 0.6) is 0 Å². The monoisotopic (exact) mass is 281 g/mol. The van der Waals surface area contributed by atoms with Gasteiger partial charge in [-0.1, -0.05) is 36.4 Å². The minimum Gasteiger partial charge on any atom is -0.370 e. The molecule has 0 aliphatic carbocycles. The molecule has 0 saturated carbocycles. The summed E-state index contributed by atoms with van der Waals surface area (Å²) in [4.78, 5) is 8.01. The molecule has 0 unspecified atom stereocenters. The fourth-order valence-corrected chi connectivity index (χ4v) is 2.00. The summed E-state index contributed by atoms with van der Waals surface area (Å²) in [6.07, 6.45) is 0. The highest BCUT2D eigenvalue weighted by Gasteiger charge is 2.05. The highest BCUT2D eigenvalue weighted by molar-refractivity contribution is 5.94. The van der Waals surface area contributed by atoms with Crippen LogP contribution in [0, 0.1) is 13.8 Å². The van der Waals surface area contributed by atoms with Gasteiger partial charge in [-0.15, -0.1) is 0 Å². The molecule has 5 nitrogen and oxygen atoms in total. The van der Waals surface area contributed by atoms with Gasteiger partial charge in [-0.05, 0) is 36.6 Å². The van der Waals surface area contributed by atoms with Crippen molar-refractivity contribution in [1.29, 1.82) is 0 Å². The Labute approximate surface area is 124 Å². The van der Waals surface area contributed by atoms with Gasteiger partial charge in [0.15, 0.2) is 5.96 Å². The highest BCUT2D eigenvalue weighted by Crippen LogP contribution is 2.31. The second kappa shape index (κ2) is 6.09. The molecule has 0 saturated heterocycles. The number of benzene rings is 2. The minimum absolute atomic E-state index is 0.0336. The van der Waals surface area contributed by atoms with E-state index in [-0.39, 0.29) is 11.9 Å². The lowest BCUT2D eigenvalue weighted by atomic mass is 9.99. The molecule has 108 valence electrons. The van der Waals surface area contributed by atoms with Gasteiger partial charge < -0.3 is 17.2 Å². The van der Waals surface area contributed by atoms with Crippen LogP contribution in [-0.2, 0) is 0 Å². The summed E-state index contributed by atoms with van der Waals surface area (Å²) in [6.45, 7) is 4.17. The summed E-state index contributed by atoms with van der Waals surface area (Å²) >= 11 is 0. The fraction of sp³-hybridized carbons (Fsp3) is 0.125. The molecule has 0 fully saturated rings. The Balaban J connectivity index is 2.51. The zero-order chi connectivity index (χ0) is 15.4. The Hall–Kier alpha value is -2.82. The number of aliphatic imine (C=N–C) groups is 2. The zero-order valence-corrected chi connectivity index (χ0v) is 12.2. The van der Waals surface area contributed by atoms with Crippen molar-refractivity contribution < 1.29 is 0 Å². The van der Waals surface area contributed by atoms with E-state index in [1.165, 1.54) is 11.1 Å². The van der Waals surface area contributed by atoms with Crippen molar-refractivity contribution in [1.82, 2.24) is 0 Å².